The van der Waals surface area contributed by atoms with Gasteiger partial charge in [0.15, 0.2) is 0 Å². The number of anilines is 1. The molecule has 1 atom stereocenters. The monoisotopic (exact) mass is 368 g/mol. The van der Waals surface area contributed by atoms with Gasteiger partial charge in [0.25, 0.3) is 5.56 Å². The Hall–Kier alpha value is -2.99. The normalized spacial score (nSPS) is 14.2. The van der Waals surface area contributed by atoms with Gasteiger partial charge in [0.2, 0.25) is 5.91 Å². The summed E-state index contributed by atoms with van der Waals surface area (Å²) in [4.78, 5) is 32.0. The minimum Gasteiger partial charge on any atom is -0.308 e. The summed E-state index contributed by atoms with van der Waals surface area (Å²) in [5.41, 5.74) is 1.16. The van der Waals surface area contributed by atoms with Crippen molar-refractivity contribution in [3.63, 3.8) is 0 Å². The number of nitrogens with one attached hydrogen (secondary N) is 1. The van der Waals surface area contributed by atoms with Crippen LogP contribution in [0.15, 0.2) is 17.3 Å². The lowest BCUT2D eigenvalue weighted by molar-refractivity contribution is -0.118. The van der Waals surface area contributed by atoms with E-state index in [-0.39, 0.29) is 11.1 Å². The second kappa shape index (κ2) is 6.07. The molecule has 1 amide bonds. The second-order valence-corrected chi connectivity index (χ2v) is 7.39. The molecule has 1 N–H and O–H groups in total. The molecule has 0 radical (unpaired) electrons. The summed E-state index contributed by atoms with van der Waals surface area (Å²) in [6.45, 7) is 1.64. The zero-order valence-corrected chi connectivity index (χ0v) is 15.1. The molecular formula is C17H16N6O2S. The van der Waals surface area contributed by atoms with E-state index < -0.39 is 11.9 Å². The number of thiophene rings is 1. The van der Waals surface area contributed by atoms with Crippen molar-refractivity contribution in [3.05, 3.63) is 38.9 Å². The first kappa shape index (κ1) is 16.5. The molecular weight excluding hydrogens is 352 g/mol. The Morgan fingerprint density at radius 3 is 3.04 bits per heavy atom. The molecule has 4 rings (SSSR count). The van der Waals surface area contributed by atoms with Gasteiger partial charge in [-0.3, -0.25) is 18.8 Å². The van der Waals surface area contributed by atoms with Crippen LogP contribution < -0.4 is 10.9 Å². The molecule has 26 heavy (non-hydrogen) atoms. The van der Waals surface area contributed by atoms with Crippen LogP contribution >= 0.6 is 11.3 Å². The largest absolute Gasteiger partial charge is 0.308 e. The summed E-state index contributed by atoms with van der Waals surface area (Å²) in [6.07, 6.45) is 5.74. The average molecular weight is 368 g/mol. The van der Waals surface area contributed by atoms with Gasteiger partial charge in [-0.2, -0.15) is 10.4 Å². The number of aromatic nitrogens is 4. The summed E-state index contributed by atoms with van der Waals surface area (Å²) in [5.74, 6) is -0.0944. The molecule has 1 unspecified atom stereocenters. The van der Waals surface area contributed by atoms with Crippen LogP contribution in [0.3, 0.4) is 0 Å². The van der Waals surface area contributed by atoms with E-state index in [1.54, 1.807) is 25.3 Å². The van der Waals surface area contributed by atoms with Crippen LogP contribution in [0, 0.1) is 11.3 Å². The molecule has 0 aromatic carbocycles. The molecule has 0 spiro atoms. The van der Waals surface area contributed by atoms with Gasteiger partial charge in [0, 0.05) is 11.9 Å². The predicted octanol–water partition coefficient (Wildman–Crippen LogP) is 1.75. The molecule has 3 aromatic rings. The second-order valence-electron chi connectivity index (χ2n) is 6.30. The Morgan fingerprint density at radius 1 is 1.46 bits per heavy atom. The van der Waals surface area contributed by atoms with Gasteiger partial charge in [-0.25, -0.2) is 4.98 Å². The van der Waals surface area contributed by atoms with Crippen molar-refractivity contribution in [1.29, 1.82) is 5.26 Å². The lowest BCUT2D eigenvalue weighted by Gasteiger charge is -2.15. The van der Waals surface area contributed by atoms with Crippen LogP contribution in [-0.4, -0.2) is 25.2 Å². The van der Waals surface area contributed by atoms with Gasteiger partial charge < -0.3 is 5.32 Å². The van der Waals surface area contributed by atoms with Crippen molar-refractivity contribution in [1.82, 2.24) is 19.3 Å². The van der Waals surface area contributed by atoms with Gasteiger partial charge in [-0.1, -0.05) is 0 Å². The van der Waals surface area contributed by atoms with Gasteiger partial charge in [0.1, 0.15) is 28.3 Å². The fourth-order valence-electron chi connectivity index (χ4n) is 3.29. The minimum absolute atomic E-state index is 0.192. The molecule has 1 aliphatic rings. The lowest BCUT2D eigenvalue weighted by atomic mass is 10.2. The summed E-state index contributed by atoms with van der Waals surface area (Å²) >= 11 is 1.57. The Balaban J connectivity index is 1.70. The molecule has 0 aliphatic heterocycles. The molecule has 8 nitrogen and oxygen atoms in total. The van der Waals surface area contributed by atoms with E-state index in [4.69, 9.17) is 5.26 Å². The number of carbonyl (C=O) groups excluding carboxylic acids is 1. The number of nitriles is 1. The highest BCUT2D eigenvalue weighted by molar-refractivity contribution is 7.18. The highest BCUT2D eigenvalue weighted by Gasteiger charge is 2.25. The van der Waals surface area contributed by atoms with Crippen molar-refractivity contribution >= 4 is 33.3 Å². The Morgan fingerprint density at radius 2 is 2.27 bits per heavy atom. The zero-order valence-electron chi connectivity index (χ0n) is 14.3. The van der Waals surface area contributed by atoms with Gasteiger partial charge >= 0.3 is 0 Å². The Labute approximate surface area is 152 Å². The maximum atomic E-state index is 13.0. The highest BCUT2D eigenvalue weighted by atomic mass is 32.1. The minimum atomic E-state index is -0.766. The molecule has 9 heteroatoms. The quantitative estimate of drug-likeness (QED) is 0.758. The molecule has 3 aromatic heterocycles. The maximum absolute atomic E-state index is 13.0. The van der Waals surface area contributed by atoms with Crippen LogP contribution in [0.4, 0.5) is 5.82 Å². The van der Waals surface area contributed by atoms with E-state index in [1.807, 2.05) is 6.07 Å². The SMILES string of the molecule is CC(C(=O)Nc1c(C#N)cnn1C)n1cnc2sc3c(c2c1=O)CCC3. The molecule has 1 aliphatic carbocycles. The summed E-state index contributed by atoms with van der Waals surface area (Å²) in [7, 11) is 1.63. The smallest absolute Gasteiger partial charge is 0.263 e. The first-order valence-corrected chi connectivity index (χ1v) is 9.07. The van der Waals surface area contributed by atoms with Gasteiger partial charge in [-0.15, -0.1) is 11.3 Å². The zero-order chi connectivity index (χ0) is 18.4. The van der Waals surface area contributed by atoms with Crippen LogP contribution in [0.2, 0.25) is 0 Å². The lowest BCUT2D eigenvalue weighted by Crippen LogP contribution is -2.32. The van der Waals surface area contributed by atoms with Crippen molar-refractivity contribution in [2.24, 2.45) is 7.05 Å². The first-order valence-electron chi connectivity index (χ1n) is 8.25. The molecule has 0 fully saturated rings. The summed E-state index contributed by atoms with van der Waals surface area (Å²) in [5, 5.41) is 16.4. The fourth-order valence-corrected chi connectivity index (χ4v) is 4.51. The van der Waals surface area contributed by atoms with E-state index in [0.29, 0.717) is 11.2 Å². The molecule has 3 heterocycles. The van der Waals surface area contributed by atoms with E-state index in [9.17, 15) is 9.59 Å². The van der Waals surface area contributed by atoms with E-state index in [2.05, 4.69) is 15.4 Å². The molecule has 0 saturated carbocycles. The van der Waals surface area contributed by atoms with E-state index in [0.717, 1.165) is 29.7 Å². The van der Waals surface area contributed by atoms with E-state index in [1.165, 1.54) is 26.7 Å². The molecule has 132 valence electrons. The third-order valence-corrected chi connectivity index (χ3v) is 5.95. The number of hydrogen-bond donors (Lipinski definition) is 1. The average Bonchev–Trinajstić information content (AvgIpc) is 3.30. The van der Waals surface area contributed by atoms with Crippen LogP contribution in [0.1, 0.15) is 35.4 Å². The van der Waals surface area contributed by atoms with Crippen molar-refractivity contribution in [3.8, 4) is 6.07 Å². The summed E-state index contributed by atoms with van der Waals surface area (Å²) in [6, 6.07) is 1.22. The summed E-state index contributed by atoms with van der Waals surface area (Å²) < 4.78 is 2.77. The molecule has 0 saturated heterocycles. The molecule has 0 bridgehead atoms. The topological polar surface area (TPSA) is 106 Å². The number of nitrogens with zero attached hydrogens (tertiary/aromatic N) is 5. The predicted molar refractivity (Wildman–Crippen MR) is 97.2 cm³/mol. The van der Waals surface area contributed by atoms with Crippen LogP contribution in [0.25, 0.3) is 10.2 Å². The van der Waals surface area contributed by atoms with Crippen LogP contribution in [-0.2, 0) is 24.7 Å². The number of carbonyl (C=O) groups is 1. The fraction of sp³-hybridized carbons (Fsp3) is 0.353. The van der Waals surface area contributed by atoms with Gasteiger partial charge in [0.05, 0.1) is 17.9 Å². The number of hydrogen-bond acceptors (Lipinski definition) is 6. The van der Waals surface area contributed by atoms with Gasteiger partial charge in [-0.05, 0) is 31.7 Å². The number of aryl methyl sites for hydroxylation is 3. The maximum Gasteiger partial charge on any atom is 0.263 e. The third-order valence-electron chi connectivity index (χ3n) is 4.75. The van der Waals surface area contributed by atoms with Crippen molar-refractivity contribution in [2.75, 3.05) is 5.32 Å². The third kappa shape index (κ3) is 2.42. The number of amides is 1. The number of fused-ring (bicyclic) bond motifs is 3. The van der Waals surface area contributed by atoms with Crippen molar-refractivity contribution < 1.29 is 4.79 Å². The Kier molecular flexibility index (Phi) is 3.85. The first-order chi connectivity index (χ1) is 12.5. The van der Waals surface area contributed by atoms with Crippen LogP contribution in [0.5, 0.6) is 0 Å². The highest BCUT2D eigenvalue weighted by Crippen LogP contribution is 2.34. The van der Waals surface area contributed by atoms with Crippen molar-refractivity contribution in [2.45, 2.75) is 32.2 Å². The van der Waals surface area contributed by atoms with E-state index >= 15 is 0 Å². The standard InChI is InChI=1S/C17H16N6O2S/c1-9(15(24)21-14-10(6-18)7-20-22(14)2)23-8-19-16-13(17(23)25)11-4-3-5-12(11)26-16/h7-9H,3-5H2,1-2H3,(H,21,24). The number of rotatable bonds is 3. The Bertz CT molecular complexity index is 1130.